The molecule has 19 heavy (non-hydrogen) atoms. The Morgan fingerprint density at radius 2 is 2.21 bits per heavy atom. The molecule has 1 fully saturated rings. The number of sulfonamides is 1. The predicted molar refractivity (Wildman–Crippen MR) is 69.6 cm³/mol. The van der Waals surface area contributed by atoms with Crippen LogP contribution >= 0.6 is 0 Å². The van der Waals surface area contributed by atoms with Gasteiger partial charge in [-0.2, -0.15) is 4.31 Å². The van der Waals surface area contributed by atoms with Crippen molar-refractivity contribution in [1.82, 2.24) is 4.31 Å². The van der Waals surface area contributed by atoms with Gasteiger partial charge in [0, 0.05) is 20.2 Å². The molecular weight excluding hydrogens is 271 g/mol. The molecule has 1 aliphatic rings. The van der Waals surface area contributed by atoms with Gasteiger partial charge < -0.3 is 10.5 Å². The second-order valence-electron chi connectivity index (χ2n) is 4.51. The van der Waals surface area contributed by atoms with E-state index >= 15 is 0 Å². The van der Waals surface area contributed by atoms with Crippen LogP contribution in [0, 0.1) is 5.82 Å². The molecule has 1 aliphatic heterocycles. The standard InChI is InChI=1S/C12H17FN2O3S/c1-18-9-4-3-7-15(8-9)19(16,17)11-6-2-5-10(13)12(11)14/h2,5-6,9H,3-4,7-8,14H2,1H3. The van der Waals surface area contributed by atoms with Crippen LogP contribution < -0.4 is 5.73 Å². The Hall–Kier alpha value is -1.18. The number of nitrogen functional groups attached to an aromatic ring is 1. The number of methoxy groups -OCH3 is 1. The first-order valence-electron chi connectivity index (χ1n) is 6.03. The van der Waals surface area contributed by atoms with Crippen LogP contribution in [-0.4, -0.2) is 39.0 Å². The quantitative estimate of drug-likeness (QED) is 0.848. The van der Waals surface area contributed by atoms with Crippen molar-refractivity contribution in [3.63, 3.8) is 0 Å². The Bertz CT molecular complexity index is 562. The first-order valence-corrected chi connectivity index (χ1v) is 7.47. The van der Waals surface area contributed by atoms with Crippen LogP contribution in [0.3, 0.4) is 0 Å². The van der Waals surface area contributed by atoms with Gasteiger partial charge in [-0.15, -0.1) is 0 Å². The molecule has 1 heterocycles. The highest BCUT2D eigenvalue weighted by Crippen LogP contribution is 2.27. The lowest BCUT2D eigenvalue weighted by Crippen LogP contribution is -2.43. The van der Waals surface area contributed by atoms with Crippen LogP contribution in [0.25, 0.3) is 0 Å². The minimum atomic E-state index is -3.77. The number of rotatable bonds is 3. The van der Waals surface area contributed by atoms with Crippen LogP contribution in [0.5, 0.6) is 0 Å². The molecule has 106 valence electrons. The Morgan fingerprint density at radius 3 is 2.89 bits per heavy atom. The average molecular weight is 288 g/mol. The Kier molecular flexibility index (Phi) is 4.07. The summed E-state index contributed by atoms with van der Waals surface area (Å²) in [5, 5.41) is 0. The minimum absolute atomic E-state index is 0.127. The third-order valence-electron chi connectivity index (χ3n) is 3.30. The lowest BCUT2D eigenvalue weighted by atomic mass is 10.1. The molecule has 0 bridgehead atoms. The summed E-state index contributed by atoms with van der Waals surface area (Å²) in [7, 11) is -2.22. The van der Waals surface area contributed by atoms with E-state index in [2.05, 4.69) is 0 Å². The normalized spacial score (nSPS) is 21.5. The molecule has 1 aromatic carbocycles. The van der Waals surface area contributed by atoms with Gasteiger partial charge in [0.05, 0.1) is 11.8 Å². The summed E-state index contributed by atoms with van der Waals surface area (Å²) in [5.74, 6) is -0.721. The van der Waals surface area contributed by atoms with Gasteiger partial charge in [0.1, 0.15) is 10.7 Å². The van der Waals surface area contributed by atoms with Crippen LogP contribution in [0.15, 0.2) is 23.1 Å². The van der Waals surface area contributed by atoms with E-state index in [9.17, 15) is 12.8 Å². The van der Waals surface area contributed by atoms with E-state index in [1.165, 1.54) is 16.4 Å². The first kappa shape index (κ1) is 14.2. The molecule has 2 N–H and O–H groups in total. The summed E-state index contributed by atoms with van der Waals surface area (Å²) in [6.45, 7) is 0.674. The van der Waals surface area contributed by atoms with Gasteiger partial charge in [-0.05, 0) is 25.0 Å². The molecule has 2 rings (SSSR count). The van der Waals surface area contributed by atoms with Crippen LogP contribution in [0.2, 0.25) is 0 Å². The molecule has 0 saturated carbocycles. The fraction of sp³-hybridized carbons (Fsp3) is 0.500. The van der Waals surface area contributed by atoms with Crippen molar-refractivity contribution in [3.05, 3.63) is 24.0 Å². The SMILES string of the molecule is COC1CCCN(S(=O)(=O)c2cccc(F)c2N)C1. The summed E-state index contributed by atoms with van der Waals surface area (Å²) in [6, 6.07) is 3.81. The molecule has 0 spiro atoms. The van der Waals surface area contributed by atoms with Gasteiger partial charge in [-0.3, -0.25) is 0 Å². The number of nitrogens with zero attached hydrogens (tertiary/aromatic N) is 1. The number of para-hydroxylation sites is 1. The Balaban J connectivity index is 2.34. The molecule has 1 atom stereocenters. The number of hydrogen-bond donors (Lipinski definition) is 1. The highest BCUT2D eigenvalue weighted by Gasteiger charge is 2.32. The molecule has 0 amide bonds. The summed E-state index contributed by atoms with van der Waals surface area (Å²) in [5.41, 5.74) is 5.20. The smallest absolute Gasteiger partial charge is 0.245 e. The van der Waals surface area contributed by atoms with Crippen molar-refractivity contribution in [2.24, 2.45) is 0 Å². The summed E-state index contributed by atoms with van der Waals surface area (Å²) < 4.78 is 44.8. The van der Waals surface area contributed by atoms with Gasteiger partial charge in [0.25, 0.3) is 0 Å². The molecule has 5 nitrogen and oxygen atoms in total. The van der Waals surface area contributed by atoms with Crippen LogP contribution in [0.1, 0.15) is 12.8 Å². The molecular formula is C12H17FN2O3S. The highest BCUT2D eigenvalue weighted by atomic mass is 32.2. The fourth-order valence-corrected chi connectivity index (χ4v) is 3.83. The predicted octanol–water partition coefficient (Wildman–Crippen LogP) is 1.21. The van der Waals surface area contributed by atoms with Gasteiger partial charge in [0.15, 0.2) is 0 Å². The summed E-state index contributed by atoms with van der Waals surface area (Å²) in [6.07, 6.45) is 1.41. The Morgan fingerprint density at radius 1 is 1.47 bits per heavy atom. The molecule has 0 aliphatic carbocycles. The second-order valence-corrected chi connectivity index (χ2v) is 6.42. The van der Waals surface area contributed by atoms with E-state index in [-0.39, 0.29) is 23.2 Å². The van der Waals surface area contributed by atoms with E-state index in [0.29, 0.717) is 13.0 Å². The van der Waals surface area contributed by atoms with Gasteiger partial charge in [-0.1, -0.05) is 6.07 Å². The van der Waals surface area contributed by atoms with Crippen molar-refractivity contribution in [3.8, 4) is 0 Å². The van der Waals surface area contributed by atoms with E-state index in [0.717, 1.165) is 12.5 Å². The van der Waals surface area contributed by atoms with Crippen LogP contribution in [-0.2, 0) is 14.8 Å². The number of benzene rings is 1. The third kappa shape index (κ3) is 2.72. The summed E-state index contributed by atoms with van der Waals surface area (Å²) >= 11 is 0. The lowest BCUT2D eigenvalue weighted by Gasteiger charge is -2.31. The Labute approximate surface area is 112 Å². The van der Waals surface area contributed by atoms with Crippen molar-refractivity contribution >= 4 is 15.7 Å². The average Bonchev–Trinajstić information content (AvgIpc) is 2.41. The number of ether oxygens (including phenoxy) is 1. The van der Waals surface area contributed by atoms with Gasteiger partial charge in [-0.25, -0.2) is 12.8 Å². The van der Waals surface area contributed by atoms with E-state index in [1.807, 2.05) is 0 Å². The maximum Gasteiger partial charge on any atom is 0.245 e. The highest BCUT2D eigenvalue weighted by molar-refractivity contribution is 7.89. The van der Waals surface area contributed by atoms with E-state index in [4.69, 9.17) is 10.5 Å². The molecule has 1 aromatic rings. The molecule has 0 aromatic heterocycles. The lowest BCUT2D eigenvalue weighted by molar-refractivity contribution is 0.0572. The zero-order valence-corrected chi connectivity index (χ0v) is 11.5. The van der Waals surface area contributed by atoms with Gasteiger partial charge in [0.2, 0.25) is 10.0 Å². The number of anilines is 1. The zero-order valence-electron chi connectivity index (χ0n) is 10.7. The number of piperidine rings is 1. The maximum atomic E-state index is 13.4. The van der Waals surface area contributed by atoms with E-state index in [1.54, 1.807) is 7.11 Å². The van der Waals surface area contributed by atoms with Crippen molar-refractivity contribution < 1.29 is 17.5 Å². The number of hydrogen-bond acceptors (Lipinski definition) is 4. The first-order chi connectivity index (χ1) is 8.96. The minimum Gasteiger partial charge on any atom is -0.395 e. The van der Waals surface area contributed by atoms with Crippen molar-refractivity contribution in [2.45, 2.75) is 23.8 Å². The van der Waals surface area contributed by atoms with Crippen molar-refractivity contribution in [2.75, 3.05) is 25.9 Å². The van der Waals surface area contributed by atoms with E-state index < -0.39 is 15.8 Å². The van der Waals surface area contributed by atoms with Crippen molar-refractivity contribution in [1.29, 1.82) is 0 Å². The monoisotopic (exact) mass is 288 g/mol. The number of nitrogens with two attached hydrogens (primary N) is 1. The maximum absolute atomic E-state index is 13.4. The van der Waals surface area contributed by atoms with Crippen LogP contribution in [0.4, 0.5) is 10.1 Å². The van der Waals surface area contributed by atoms with Gasteiger partial charge >= 0.3 is 0 Å². The molecule has 7 heteroatoms. The fourth-order valence-electron chi connectivity index (χ4n) is 2.20. The topological polar surface area (TPSA) is 72.6 Å². The molecule has 1 unspecified atom stereocenters. The number of halogens is 1. The second kappa shape index (κ2) is 5.44. The molecule has 0 radical (unpaired) electrons. The zero-order chi connectivity index (χ0) is 14.0. The third-order valence-corrected chi connectivity index (χ3v) is 5.23. The largest absolute Gasteiger partial charge is 0.395 e. The molecule has 1 saturated heterocycles. The summed E-state index contributed by atoms with van der Waals surface area (Å²) in [4.78, 5) is -0.177.